The minimum absolute atomic E-state index is 0.455. The SMILES string of the molecule is CCC1(CNC(=NC)NCc2cccnc2N2CCN(C)CC2)CCCC1. The number of hydrogen-bond donors (Lipinski definition) is 2. The second kappa shape index (κ2) is 9.40. The molecule has 27 heavy (non-hydrogen) atoms. The van der Waals surface area contributed by atoms with E-state index in [1.807, 2.05) is 19.3 Å². The molecule has 0 aromatic carbocycles. The second-order valence-electron chi connectivity index (χ2n) is 8.12. The van der Waals surface area contributed by atoms with Crippen LogP contribution in [-0.4, -0.2) is 62.7 Å². The molecule has 2 heterocycles. The molecule has 1 saturated heterocycles. The minimum atomic E-state index is 0.455. The number of likely N-dealkylation sites (N-methyl/N-ethyl adjacent to an activating group) is 1. The molecule has 0 amide bonds. The third-order valence-corrected chi connectivity index (χ3v) is 6.39. The molecule has 1 aromatic rings. The molecular formula is C21H36N6. The summed E-state index contributed by atoms with van der Waals surface area (Å²) in [6.07, 6.45) is 8.55. The van der Waals surface area contributed by atoms with E-state index in [1.54, 1.807) is 0 Å². The van der Waals surface area contributed by atoms with E-state index < -0.39 is 0 Å². The van der Waals surface area contributed by atoms with Crippen molar-refractivity contribution in [1.29, 1.82) is 0 Å². The number of aromatic nitrogens is 1. The van der Waals surface area contributed by atoms with Gasteiger partial charge in [-0.25, -0.2) is 4.98 Å². The Morgan fingerprint density at radius 3 is 2.59 bits per heavy atom. The molecule has 0 atom stereocenters. The maximum atomic E-state index is 4.67. The summed E-state index contributed by atoms with van der Waals surface area (Å²) in [5, 5.41) is 7.08. The van der Waals surface area contributed by atoms with Crippen LogP contribution in [0.1, 0.15) is 44.6 Å². The fourth-order valence-corrected chi connectivity index (χ4v) is 4.32. The van der Waals surface area contributed by atoms with Gasteiger partial charge >= 0.3 is 0 Å². The van der Waals surface area contributed by atoms with Gasteiger partial charge in [-0.3, -0.25) is 4.99 Å². The van der Waals surface area contributed by atoms with Crippen LogP contribution in [0, 0.1) is 5.41 Å². The molecule has 1 aromatic heterocycles. The Bertz CT molecular complexity index is 615. The number of rotatable bonds is 6. The van der Waals surface area contributed by atoms with E-state index in [1.165, 1.54) is 37.7 Å². The largest absolute Gasteiger partial charge is 0.356 e. The normalized spacial score (nSPS) is 20.7. The van der Waals surface area contributed by atoms with Gasteiger partial charge in [-0.1, -0.05) is 25.8 Å². The topological polar surface area (TPSA) is 55.8 Å². The molecule has 150 valence electrons. The summed E-state index contributed by atoms with van der Waals surface area (Å²) >= 11 is 0. The highest BCUT2D eigenvalue weighted by Crippen LogP contribution is 2.40. The smallest absolute Gasteiger partial charge is 0.191 e. The Morgan fingerprint density at radius 2 is 1.93 bits per heavy atom. The lowest BCUT2D eigenvalue weighted by Crippen LogP contribution is -2.45. The molecule has 0 unspecified atom stereocenters. The first-order valence-corrected chi connectivity index (χ1v) is 10.5. The zero-order chi connectivity index (χ0) is 19.1. The molecule has 1 saturated carbocycles. The minimum Gasteiger partial charge on any atom is -0.356 e. The lowest BCUT2D eigenvalue weighted by Gasteiger charge is -2.34. The summed E-state index contributed by atoms with van der Waals surface area (Å²) in [5.74, 6) is 2.00. The van der Waals surface area contributed by atoms with E-state index >= 15 is 0 Å². The predicted octanol–water partition coefficient (Wildman–Crippen LogP) is 2.47. The highest BCUT2D eigenvalue weighted by atomic mass is 15.3. The average molecular weight is 373 g/mol. The fraction of sp³-hybridized carbons (Fsp3) is 0.714. The Balaban J connectivity index is 1.57. The summed E-state index contributed by atoms with van der Waals surface area (Å²) in [6, 6.07) is 4.20. The Hall–Kier alpha value is -1.82. The van der Waals surface area contributed by atoms with Crippen LogP contribution in [-0.2, 0) is 6.54 Å². The molecule has 0 bridgehead atoms. The number of nitrogens with zero attached hydrogens (tertiary/aromatic N) is 4. The molecule has 6 heteroatoms. The number of pyridine rings is 1. The summed E-state index contributed by atoms with van der Waals surface area (Å²) in [7, 11) is 4.04. The van der Waals surface area contributed by atoms with Crippen LogP contribution < -0.4 is 15.5 Å². The third-order valence-electron chi connectivity index (χ3n) is 6.39. The summed E-state index contributed by atoms with van der Waals surface area (Å²) in [6.45, 7) is 8.33. The molecule has 6 nitrogen and oxygen atoms in total. The fourth-order valence-electron chi connectivity index (χ4n) is 4.32. The highest BCUT2D eigenvalue weighted by Gasteiger charge is 2.31. The van der Waals surface area contributed by atoms with E-state index in [2.05, 4.69) is 50.4 Å². The number of piperazine rings is 1. The van der Waals surface area contributed by atoms with Crippen molar-refractivity contribution in [3.63, 3.8) is 0 Å². The lowest BCUT2D eigenvalue weighted by molar-refractivity contribution is 0.283. The molecule has 1 aliphatic carbocycles. The van der Waals surface area contributed by atoms with Gasteiger partial charge in [0.25, 0.3) is 0 Å². The first kappa shape index (κ1) is 19.9. The summed E-state index contributed by atoms with van der Waals surface area (Å²) in [4.78, 5) is 13.9. The van der Waals surface area contributed by atoms with Gasteiger partial charge in [-0.05, 0) is 37.8 Å². The molecule has 2 N–H and O–H groups in total. The van der Waals surface area contributed by atoms with Gasteiger partial charge in [0.15, 0.2) is 5.96 Å². The molecule has 0 spiro atoms. The predicted molar refractivity (Wildman–Crippen MR) is 113 cm³/mol. The van der Waals surface area contributed by atoms with E-state index in [4.69, 9.17) is 0 Å². The highest BCUT2D eigenvalue weighted by molar-refractivity contribution is 5.79. The van der Waals surface area contributed by atoms with Crippen molar-refractivity contribution in [2.24, 2.45) is 10.4 Å². The summed E-state index contributed by atoms with van der Waals surface area (Å²) < 4.78 is 0. The quantitative estimate of drug-likeness (QED) is 0.593. The number of anilines is 1. The molecule has 2 aliphatic rings. The van der Waals surface area contributed by atoms with Gasteiger partial charge in [-0.15, -0.1) is 0 Å². The van der Waals surface area contributed by atoms with Gasteiger partial charge < -0.3 is 20.4 Å². The maximum Gasteiger partial charge on any atom is 0.191 e. The van der Waals surface area contributed by atoms with Crippen molar-refractivity contribution >= 4 is 11.8 Å². The van der Waals surface area contributed by atoms with Crippen LogP contribution in [0.4, 0.5) is 5.82 Å². The van der Waals surface area contributed by atoms with Crippen molar-refractivity contribution in [2.45, 2.75) is 45.6 Å². The van der Waals surface area contributed by atoms with Gasteiger partial charge in [0.1, 0.15) is 5.82 Å². The Labute approximate surface area is 164 Å². The zero-order valence-electron chi connectivity index (χ0n) is 17.3. The molecule has 2 fully saturated rings. The van der Waals surface area contributed by atoms with Gasteiger partial charge in [-0.2, -0.15) is 0 Å². The molecule has 3 rings (SSSR count). The van der Waals surface area contributed by atoms with Crippen LogP contribution in [0.5, 0.6) is 0 Å². The first-order chi connectivity index (χ1) is 13.2. The van der Waals surface area contributed by atoms with E-state index in [-0.39, 0.29) is 0 Å². The van der Waals surface area contributed by atoms with Crippen LogP contribution in [0.3, 0.4) is 0 Å². The van der Waals surface area contributed by atoms with Crippen LogP contribution >= 0.6 is 0 Å². The molecular weight excluding hydrogens is 336 g/mol. The number of hydrogen-bond acceptors (Lipinski definition) is 4. The third kappa shape index (κ3) is 5.12. The van der Waals surface area contributed by atoms with Crippen LogP contribution in [0.25, 0.3) is 0 Å². The standard InChI is InChI=1S/C21H36N6/c1-4-21(9-5-6-10-21)17-25-20(22-2)24-16-18-8-7-11-23-19(18)27-14-12-26(3)13-15-27/h7-8,11H,4-6,9-10,12-17H2,1-3H3,(H2,22,24,25). The van der Waals surface area contributed by atoms with E-state index in [0.29, 0.717) is 5.41 Å². The molecule has 1 aliphatic heterocycles. The maximum absolute atomic E-state index is 4.67. The van der Waals surface area contributed by atoms with Crippen molar-refractivity contribution in [3.8, 4) is 0 Å². The van der Waals surface area contributed by atoms with E-state index in [0.717, 1.165) is 51.0 Å². The summed E-state index contributed by atoms with van der Waals surface area (Å²) in [5.41, 5.74) is 1.69. The van der Waals surface area contributed by atoms with Crippen molar-refractivity contribution in [2.75, 3.05) is 51.7 Å². The number of guanidine groups is 1. The monoisotopic (exact) mass is 372 g/mol. The van der Waals surface area contributed by atoms with E-state index in [9.17, 15) is 0 Å². The second-order valence-corrected chi connectivity index (χ2v) is 8.12. The van der Waals surface area contributed by atoms with Gasteiger partial charge in [0, 0.05) is 58.1 Å². The van der Waals surface area contributed by atoms with Crippen molar-refractivity contribution in [3.05, 3.63) is 23.9 Å². The number of aliphatic imine (C=N–C) groups is 1. The number of nitrogens with one attached hydrogen (secondary N) is 2. The lowest BCUT2D eigenvalue weighted by atomic mass is 9.83. The van der Waals surface area contributed by atoms with Crippen molar-refractivity contribution < 1.29 is 0 Å². The first-order valence-electron chi connectivity index (χ1n) is 10.5. The molecule has 0 radical (unpaired) electrons. The van der Waals surface area contributed by atoms with Gasteiger partial charge in [0.05, 0.1) is 0 Å². The van der Waals surface area contributed by atoms with Crippen LogP contribution in [0.2, 0.25) is 0 Å². The average Bonchev–Trinajstić information content (AvgIpc) is 3.18. The zero-order valence-corrected chi connectivity index (χ0v) is 17.3. The Morgan fingerprint density at radius 1 is 1.19 bits per heavy atom. The Kier molecular flexibility index (Phi) is 6.94. The van der Waals surface area contributed by atoms with Gasteiger partial charge in [0.2, 0.25) is 0 Å². The van der Waals surface area contributed by atoms with Crippen molar-refractivity contribution in [1.82, 2.24) is 20.5 Å². The van der Waals surface area contributed by atoms with Crippen LogP contribution in [0.15, 0.2) is 23.3 Å².